The predicted octanol–water partition coefficient (Wildman–Crippen LogP) is 2.90. The molecule has 0 bridgehead atoms. The van der Waals surface area contributed by atoms with E-state index in [4.69, 9.17) is 4.74 Å². The number of carbonyl (C=O) groups excluding carboxylic acids is 1. The molecule has 0 fully saturated rings. The maximum atomic E-state index is 12.0. The first-order chi connectivity index (χ1) is 14.5. The van der Waals surface area contributed by atoms with Crippen molar-refractivity contribution in [3.8, 4) is 11.4 Å². The van der Waals surface area contributed by atoms with E-state index in [9.17, 15) is 4.79 Å². The van der Waals surface area contributed by atoms with Crippen LogP contribution in [0.4, 0.5) is 5.69 Å². The first kappa shape index (κ1) is 19.9. The van der Waals surface area contributed by atoms with Gasteiger partial charge in [0.2, 0.25) is 0 Å². The Morgan fingerprint density at radius 3 is 2.70 bits per heavy atom. The number of methoxy groups -OCH3 is 1. The van der Waals surface area contributed by atoms with E-state index in [0.717, 1.165) is 22.4 Å². The number of aromatic nitrogens is 4. The summed E-state index contributed by atoms with van der Waals surface area (Å²) < 4.78 is 7.05. The number of aryl methyl sites for hydroxylation is 1. The number of benzene rings is 1. The van der Waals surface area contributed by atoms with Gasteiger partial charge >= 0.3 is 0 Å². The molecule has 0 spiro atoms. The molecule has 0 amide bonds. The molecule has 4 rings (SSSR count). The number of rotatable bonds is 6. The SMILES string of the molecule is COC(C)c1cnc(-c2cccc(CN3CC(=O)C=CN3c3cnn(C)c3)c2)nc1. The van der Waals surface area contributed by atoms with Gasteiger partial charge in [0.05, 0.1) is 24.5 Å². The number of hydrazine groups is 1. The van der Waals surface area contributed by atoms with E-state index in [1.807, 2.05) is 48.4 Å². The van der Waals surface area contributed by atoms with Crippen molar-refractivity contribution in [2.45, 2.75) is 19.6 Å². The minimum atomic E-state index is -0.0477. The summed E-state index contributed by atoms with van der Waals surface area (Å²) in [5, 5.41) is 8.18. The van der Waals surface area contributed by atoms with Gasteiger partial charge in [0.1, 0.15) is 0 Å². The summed E-state index contributed by atoms with van der Waals surface area (Å²) in [6.45, 7) is 2.83. The first-order valence-electron chi connectivity index (χ1n) is 9.71. The average molecular weight is 404 g/mol. The van der Waals surface area contributed by atoms with E-state index >= 15 is 0 Å². The highest BCUT2D eigenvalue weighted by atomic mass is 16.5. The Kier molecular flexibility index (Phi) is 5.69. The third-order valence-electron chi connectivity index (χ3n) is 5.05. The van der Waals surface area contributed by atoms with E-state index in [1.54, 1.807) is 42.7 Å². The summed E-state index contributed by atoms with van der Waals surface area (Å²) in [7, 11) is 3.53. The molecule has 0 aliphatic carbocycles. The van der Waals surface area contributed by atoms with E-state index < -0.39 is 0 Å². The van der Waals surface area contributed by atoms with E-state index in [-0.39, 0.29) is 11.9 Å². The van der Waals surface area contributed by atoms with Crippen LogP contribution in [0, 0.1) is 0 Å². The molecule has 154 valence electrons. The van der Waals surface area contributed by atoms with Gasteiger partial charge in [0, 0.05) is 62.7 Å². The molecule has 1 unspecified atom stereocenters. The van der Waals surface area contributed by atoms with Crippen molar-refractivity contribution < 1.29 is 9.53 Å². The fraction of sp³-hybridized carbons (Fsp3) is 0.273. The molecule has 2 aromatic heterocycles. The Morgan fingerprint density at radius 2 is 2.00 bits per heavy atom. The zero-order valence-electron chi connectivity index (χ0n) is 17.3. The van der Waals surface area contributed by atoms with Crippen LogP contribution in [0.3, 0.4) is 0 Å². The van der Waals surface area contributed by atoms with Crippen LogP contribution >= 0.6 is 0 Å². The fourth-order valence-corrected chi connectivity index (χ4v) is 3.32. The van der Waals surface area contributed by atoms with Crippen molar-refractivity contribution in [1.82, 2.24) is 24.8 Å². The van der Waals surface area contributed by atoms with Crippen LogP contribution < -0.4 is 5.01 Å². The third kappa shape index (κ3) is 4.29. The van der Waals surface area contributed by atoms with Crippen LogP contribution in [0.2, 0.25) is 0 Å². The highest BCUT2D eigenvalue weighted by Crippen LogP contribution is 2.23. The summed E-state index contributed by atoms with van der Waals surface area (Å²) in [5.41, 5.74) is 3.82. The second-order valence-corrected chi connectivity index (χ2v) is 7.24. The lowest BCUT2D eigenvalue weighted by molar-refractivity contribution is -0.116. The number of ether oxygens (including phenoxy) is 1. The van der Waals surface area contributed by atoms with Crippen LogP contribution in [-0.2, 0) is 23.1 Å². The topological polar surface area (TPSA) is 76.4 Å². The van der Waals surface area contributed by atoms with Crippen molar-refractivity contribution in [3.63, 3.8) is 0 Å². The molecule has 3 aromatic rings. The zero-order chi connectivity index (χ0) is 21.1. The van der Waals surface area contributed by atoms with Crippen LogP contribution in [0.15, 0.2) is 61.3 Å². The normalized spacial score (nSPS) is 15.6. The van der Waals surface area contributed by atoms with Crippen molar-refractivity contribution in [2.75, 3.05) is 18.7 Å². The Morgan fingerprint density at radius 1 is 1.20 bits per heavy atom. The van der Waals surface area contributed by atoms with Gasteiger partial charge in [-0.05, 0) is 18.6 Å². The average Bonchev–Trinajstić information content (AvgIpc) is 3.19. The minimum Gasteiger partial charge on any atom is -0.377 e. The number of carbonyl (C=O) groups is 1. The lowest BCUT2D eigenvalue weighted by atomic mass is 10.1. The molecule has 1 aliphatic rings. The van der Waals surface area contributed by atoms with Crippen LogP contribution in [0.5, 0.6) is 0 Å². The molecule has 30 heavy (non-hydrogen) atoms. The molecule has 1 aliphatic heterocycles. The monoisotopic (exact) mass is 404 g/mol. The van der Waals surface area contributed by atoms with E-state index in [0.29, 0.717) is 18.9 Å². The first-order valence-corrected chi connectivity index (χ1v) is 9.71. The molecule has 0 saturated carbocycles. The second-order valence-electron chi connectivity index (χ2n) is 7.24. The highest BCUT2D eigenvalue weighted by Gasteiger charge is 2.22. The maximum absolute atomic E-state index is 12.0. The number of hydrogen-bond donors (Lipinski definition) is 0. The third-order valence-corrected chi connectivity index (χ3v) is 5.05. The van der Waals surface area contributed by atoms with Crippen molar-refractivity contribution in [2.24, 2.45) is 7.05 Å². The lowest BCUT2D eigenvalue weighted by Gasteiger charge is -2.34. The fourth-order valence-electron chi connectivity index (χ4n) is 3.32. The summed E-state index contributed by atoms with van der Waals surface area (Å²) >= 11 is 0. The van der Waals surface area contributed by atoms with Gasteiger partial charge in [-0.2, -0.15) is 5.10 Å². The molecule has 3 heterocycles. The van der Waals surface area contributed by atoms with Crippen molar-refractivity contribution in [1.29, 1.82) is 0 Å². The zero-order valence-corrected chi connectivity index (χ0v) is 17.3. The van der Waals surface area contributed by atoms with Crippen molar-refractivity contribution in [3.05, 3.63) is 72.5 Å². The molecular weight excluding hydrogens is 380 g/mol. The summed E-state index contributed by atoms with van der Waals surface area (Å²) in [6, 6.07) is 8.06. The Bertz CT molecular complexity index is 1060. The number of anilines is 1. The van der Waals surface area contributed by atoms with Crippen LogP contribution in [-0.4, -0.2) is 44.2 Å². The molecular formula is C22H24N6O2. The second kappa shape index (κ2) is 8.56. The maximum Gasteiger partial charge on any atom is 0.173 e. The minimum absolute atomic E-state index is 0.0477. The predicted molar refractivity (Wildman–Crippen MR) is 113 cm³/mol. The number of ketones is 1. The van der Waals surface area contributed by atoms with E-state index in [2.05, 4.69) is 21.1 Å². The van der Waals surface area contributed by atoms with Crippen LogP contribution in [0.25, 0.3) is 11.4 Å². The van der Waals surface area contributed by atoms with Crippen molar-refractivity contribution >= 4 is 11.5 Å². The molecule has 1 atom stereocenters. The summed E-state index contributed by atoms with van der Waals surface area (Å²) in [6.07, 6.45) is 10.6. The van der Waals surface area contributed by atoms with Gasteiger partial charge in [0.15, 0.2) is 11.6 Å². The number of nitrogens with zero attached hydrogens (tertiary/aromatic N) is 6. The quantitative estimate of drug-likeness (QED) is 0.625. The van der Waals surface area contributed by atoms with Gasteiger partial charge in [-0.15, -0.1) is 0 Å². The van der Waals surface area contributed by atoms with Gasteiger partial charge in [-0.25, -0.2) is 15.0 Å². The summed E-state index contributed by atoms with van der Waals surface area (Å²) in [4.78, 5) is 21.0. The Hall–Kier alpha value is -3.36. The summed E-state index contributed by atoms with van der Waals surface area (Å²) in [5.74, 6) is 0.722. The van der Waals surface area contributed by atoms with Gasteiger partial charge in [0.25, 0.3) is 0 Å². The standard InChI is InChI=1S/C22H24N6O2/c1-16(30-3)19-10-23-22(24-11-19)18-6-4-5-17(9-18)13-27-15-21(29)7-8-28(27)20-12-25-26(2)14-20/h4-12,14,16H,13,15H2,1-3H3. The largest absolute Gasteiger partial charge is 0.377 e. The molecule has 0 N–H and O–H groups in total. The lowest BCUT2D eigenvalue weighted by Crippen LogP contribution is -2.44. The number of hydrogen-bond acceptors (Lipinski definition) is 7. The Labute approximate surface area is 175 Å². The van der Waals surface area contributed by atoms with Gasteiger partial charge in [-0.3, -0.25) is 14.5 Å². The Balaban J connectivity index is 1.56. The van der Waals surface area contributed by atoms with Crippen LogP contribution in [0.1, 0.15) is 24.2 Å². The smallest absolute Gasteiger partial charge is 0.173 e. The van der Waals surface area contributed by atoms with Gasteiger partial charge in [-0.1, -0.05) is 18.2 Å². The molecule has 8 nitrogen and oxygen atoms in total. The molecule has 0 radical (unpaired) electrons. The highest BCUT2D eigenvalue weighted by molar-refractivity contribution is 5.93. The molecule has 0 saturated heterocycles. The van der Waals surface area contributed by atoms with Gasteiger partial charge < -0.3 is 4.74 Å². The van der Waals surface area contributed by atoms with E-state index in [1.165, 1.54) is 0 Å². The molecule has 8 heteroatoms. The molecule has 1 aromatic carbocycles.